The van der Waals surface area contributed by atoms with Crippen LogP contribution in [0.15, 0.2) is 0 Å². The van der Waals surface area contributed by atoms with E-state index in [1.165, 1.54) is 38.5 Å². The van der Waals surface area contributed by atoms with Gasteiger partial charge in [0.25, 0.3) is 0 Å². The van der Waals surface area contributed by atoms with Crippen LogP contribution in [0.25, 0.3) is 0 Å². The molecule has 0 aromatic rings. The molecule has 0 spiro atoms. The predicted octanol–water partition coefficient (Wildman–Crippen LogP) is 8.20. The molecule has 0 aromatic carbocycles. The van der Waals surface area contributed by atoms with E-state index in [-0.39, 0.29) is 82.6 Å². The van der Waals surface area contributed by atoms with E-state index < -0.39 is 5.60 Å². The summed E-state index contributed by atoms with van der Waals surface area (Å²) in [6.45, 7) is 9.16. The first-order chi connectivity index (χ1) is 17.6. The Labute approximate surface area is 250 Å². The van der Waals surface area contributed by atoms with Gasteiger partial charge in [0.1, 0.15) is 5.60 Å². The maximum absolute atomic E-state index is 14.0. The van der Waals surface area contributed by atoms with Gasteiger partial charge < -0.3 is 9.47 Å². The maximum atomic E-state index is 14.0. The van der Waals surface area contributed by atoms with E-state index >= 15 is 0 Å². The van der Waals surface area contributed by atoms with Crippen LogP contribution in [-0.4, -0.2) is 23.5 Å². The molecule has 0 amide bonds. The van der Waals surface area contributed by atoms with Crippen LogP contribution in [0.2, 0.25) is 0 Å². The molecule has 11 atom stereocenters. The van der Waals surface area contributed by atoms with Crippen LogP contribution in [-0.2, 0) is 23.9 Å². The molecule has 0 aromatic heterocycles. The molecule has 1 aliphatic heterocycles. The van der Waals surface area contributed by atoms with Gasteiger partial charge in [0.2, 0.25) is 0 Å². The summed E-state index contributed by atoms with van der Waals surface area (Å²) in [5.74, 6) is 4.91. The predicted molar refractivity (Wildman–Crippen MR) is 162 cm³/mol. The first kappa shape index (κ1) is 32.5. The third-order valence-electron chi connectivity index (χ3n) is 14.3. The highest BCUT2D eigenvalue weighted by Gasteiger charge is 2.69. The van der Waals surface area contributed by atoms with Gasteiger partial charge in [0.05, 0.1) is 17.8 Å². The van der Waals surface area contributed by atoms with E-state index in [1.54, 1.807) is 0 Å². The lowest BCUT2D eigenvalue weighted by Gasteiger charge is -2.61. The fraction of sp³-hybridized carbons (Fsp3) is 0.917. The summed E-state index contributed by atoms with van der Waals surface area (Å²) in [5.41, 5.74) is -0.227. The van der Waals surface area contributed by atoms with E-state index in [0.29, 0.717) is 35.5 Å². The SMILES string of the molecule is C.C.C.C.CC1C2CC(C(=O)OC(C)(C)C34CC5CC(CC(C5)C3)C4)C(C2)C1C1C(C)C2CC1C1C(=O)OC(=O)C21. The highest BCUT2D eigenvalue weighted by Crippen LogP contribution is 2.69. The standard InChI is InChI=1S/C32H44O5.4CH4/c1-14-19-8-21(24(14)25-15(2)20-10-23(25)27-26(20)29(34)36-30(27)35)22(9-19)28(33)37-31(3,4)32-11-16-5-17(12-32)7-18(6-16)13-32;;;;/h14-27H,5-13H2,1-4H3;4*1H4. The highest BCUT2D eigenvalue weighted by molar-refractivity contribution is 5.97. The zero-order valence-electron chi connectivity index (χ0n) is 23.0. The number of esters is 3. The van der Waals surface area contributed by atoms with Crippen molar-refractivity contribution in [2.75, 3.05) is 0 Å². The van der Waals surface area contributed by atoms with Crippen molar-refractivity contribution < 1.29 is 23.9 Å². The molecule has 9 aliphatic rings. The molecular formula is C36H60O5. The molecule has 11 unspecified atom stereocenters. The zero-order valence-corrected chi connectivity index (χ0v) is 23.0. The van der Waals surface area contributed by atoms with Crippen molar-refractivity contribution in [2.24, 2.45) is 88.3 Å². The average molecular weight is 573 g/mol. The lowest BCUT2D eigenvalue weighted by Crippen LogP contribution is -2.58. The van der Waals surface area contributed by atoms with Crippen molar-refractivity contribution >= 4 is 17.9 Å². The first-order valence-electron chi connectivity index (χ1n) is 15.6. The second-order valence-electron chi connectivity index (χ2n) is 15.9. The first-order valence-corrected chi connectivity index (χ1v) is 15.6. The summed E-state index contributed by atoms with van der Waals surface area (Å²) < 4.78 is 11.8. The highest BCUT2D eigenvalue weighted by atomic mass is 16.6. The van der Waals surface area contributed by atoms with Crippen LogP contribution >= 0.6 is 0 Å². The van der Waals surface area contributed by atoms with Crippen molar-refractivity contribution in [3.05, 3.63) is 0 Å². The summed E-state index contributed by atoms with van der Waals surface area (Å²) in [7, 11) is 0. The molecule has 9 fully saturated rings. The van der Waals surface area contributed by atoms with E-state index in [9.17, 15) is 14.4 Å². The summed E-state index contributed by atoms with van der Waals surface area (Å²) in [6.07, 6.45) is 11.0. The Balaban J connectivity index is 0.000000968. The van der Waals surface area contributed by atoms with Crippen LogP contribution in [0.1, 0.15) is 115 Å². The Hall–Kier alpha value is -1.39. The lowest BCUT2D eigenvalue weighted by atomic mass is 9.46. The van der Waals surface area contributed by atoms with Crippen molar-refractivity contribution in [3.8, 4) is 0 Å². The molecule has 0 N–H and O–H groups in total. The fourth-order valence-corrected chi connectivity index (χ4v) is 13.1. The number of cyclic esters (lactones) is 2. The number of hydrogen-bond acceptors (Lipinski definition) is 5. The second kappa shape index (κ2) is 10.4. The largest absolute Gasteiger partial charge is 0.459 e. The van der Waals surface area contributed by atoms with Crippen molar-refractivity contribution in [1.82, 2.24) is 0 Å². The number of rotatable bonds is 4. The molecule has 5 nitrogen and oxygen atoms in total. The number of ether oxygens (including phenoxy) is 2. The van der Waals surface area contributed by atoms with Crippen LogP contribution in [0.5, 0.6) is 0 Å². The molecule has 1 heterocycles. The summed E-state index contributed by atoms with van der Waals surface area (Å²) >= 11 is 0. The molecule has 1 saturated heterocycles. The molecule has 8 saturated carbocycles. The van der Waals surface area contributed by atoms with E-state index in [0.717, 1.165) is 37.0 Å². The average Bonchev–Trinajstić information content (AvgIpc) is 3.59. The third kappa shape index (κ3) is 4.15. The van der Waals surface area contributed by atoms with Gasteiger partial charge in [-0.1, -0.05) is 43.6 Å². The van der Waals surface area contributed by atoms with Gasteiger partial charge in [-0.05, 0) is 137 Å². The van der Waals surface area contributed by atoms with E-state index in [4.69, 9.17) is 9.47 Å². The van der Waals surface area contributed by atoms with Gasteiger partial charge in [-0.2, -0.15) is 0 Å². The van der Waals surface area contributed by atoms with Crippen LogP contribution in [0.3, 0.4) is 0 Å². The third-order valence-corrected chi connectivity index (χ3v) is 14.3. The summed E-state index contributed by atoms with van der Waals surface area (Å²) in [4.78, 5) is 39.0. The Morgan fingerprint density at radius 2 is 1.24 bits per heavy atom. The fourth-order valence-electron chi connectivity index (χ4n) is 13.1. The van der Waals surface area contributed by atoms with Crippen molar-refractivity contribution in [3.63, 3.8) is 0 Å². The minimum Gasteiger partial charge on any atom is -0.459 e. The molecule has 5 heteroatoms. The quantitative estimate of drug-likeness (QED) is 0.251. The Morgan fingerprint density at radius 1 is 0.732 bits per heavy atom. The van der Waals surface area contributed by atoms with Crippen LogP contribution < -0.4 is 0 Å². The normalized spacial score (nSPS) is 51.2. The number of hydrogen-bond donors (Lipinski definition) is 0. The summed E-state index contributed by atoms with van der Waals surface area (Å²) in [6, 6.07) is 0. The van der Waals surface area contributed by atoms with E-state index in [2.05, 4.69) is 27.7 Å². The second-order valence-corrected chi connectivity index (χ2v) is 15.9. The minimum atomic E-state index is -0.399. The Morgan fingerprint density at radius 3 is 1.78 bits per heavy atom. The van der Waals surface area contributed by atoms with Crippen molar-refractivity contribution in [2.45, 2.75) is 121 Å². The van der Waals surface area contributed by atoms with Gasteiger partial charge in [-0.3, -0.25) is 14.4 Å². The number of carbonyl (C=O) groups is 3. The van der Waals surface area contributed by atoms with E-state index in [1.807, 2.05) is 0 Å². The number of carbonyl (C=O) groups excluding carboxylic acids is 3. The molecular weight excluding hydrogens is 512 g/mol. The molecule has 0 radical (unpaired) electrons. The van der Waals surface area contributed by atoms with Gasteiger partial charge in [0, 0.05) is 5.41 Å². The summed E-state index contributed by atoms with van der Waals surface area (Å²) in [5, 5.41) is 0. The van der Waals surface area contributed by atoms with Gasteiger partial charge in [-0.15, -0.1) is 0 Å². The monoisotopic (exact) mass is 572 g/mol. The van der Waals surface area contributed by atoms with Crippen LogP contribution in [0.4, 0.5) is 0 Å². The van der Waals surface area contributed by atoms with Crippen LogP contribution in [0, 0.1) is 88.3 Å². The van der Waals surface area contributed by atoms with Gasteiger partial charge in [0.15, 0.2) is 0 Å². The molecule has 9 rings (SSSR count). The zero-order chi connectivity index (χ0) is 25.6. The number of fused-ring (bicyclic) bond motifs is 7. The molecule has 41 heavy (non-hydrogen) atoms. The Kier molecular flexibility index (Phi) is 8.22. The topological polar surface area (TPSA) is 69.7 Å². The molecule has 234 valence electrons. The smallest absolute Gasteiger partial charge is 0.317 e. The molecule has 8 bridgehead atoms. The minimum absolute atomic E-state index is 0. The van der Waals surface area contributed by atoms with Gasteiger partial charge >= 0.3 is 17.9 Å². The molecule has 8 aliphatic carbocycles. The Bertz CT molecular complexity index is 1020. The van der Waals surface area contributed by atoms with Gasteiger partial charge in [-0.25, -0.2) is 0 Å². The van der Waals surface area contributed by atoms with Crippen molar-refractivity contribution in [1.29, 1.82) is 0 Å². The maximum Gasteiger partial charge on any atom is 0.317 e. The lowest BCUT2D eigenvalue weighted by molar-refractivity contribution is -0.204.